The van der Waals surface area contributed by atoms with E-state index in [9.17, 15) is 0 Å². The molecule has 2 aromatic carbocycles. The van der Waals surface area contributed by atoms with Gasteiger partial charge in [-0.2, -0.15) is 0 Å². The van der Waals surface area contributed by atoms with Crippen molar-refractivity contribution in [3.8, 4) is 0 Å². The van der Waals surface area contributed by atoms with Gasteiger partial charge in [0.2, 0.25) is 0 Å². The SMILES string of the molecule is C=C(CCCC)C(/C=C\C)=C/N.C=C/C(C)=C\CC.CC.CC.CCC.CCN(C)C(c1ccccc1)c1ccccc1. The monoisotopic (exact) mass is 591 g/mol. The maximum absolute atomic E-state index is 5.46. The molecule has 0 atom stereocenters. The van der Waals surface area contributed by atoms with E-state index in [4.69, 9.17) is 5.73 Å². The molecule has 0 fully saturated rings. The molecule has 0 unspecified atom stereocenters. The number of nitrogens with two attached hydrogens (primary N) is 1. The number of nitrogens with zero attached hydrogens (tertiary/aromatic N) is 1. The molecular weight excluding hydrogens is 520 g/mol. The first kappa shape index (κ1) is 46.8. The smallest absolute Gasteiger partial charge is 0.0599 e. The van der Waals surface area contributed by atoms with E-state index in [1.54, 1.807) is 6.20 Å². The van der Waals surface area contributed by atoms with E-state index < -0.39 is 0 Å². The average Bonchev–Trinajstić information content (AvgIpc) is 3.06. The quantitative estimate of drug-likeness (QED) is 0.264. The fourth-order valence-electron chi connectivity index (χ4n) is 3.57. The molecule has 0 radical (unpaired) electrons. The highest BCUT2D eigenvalue weighted by molar-refractivity contribution is 5.37. The molecule has 0 bridgehead atoms. The minimum Gasteiger partial charge on any atom is -0.404 e. The lowest BCUT2D eigenvalue weighted by Gasteiger charge is -2.27. The number of hydrogen-bond donors (Lipinski definition) is 1. The van der Waals surface area contributed by atoms with Gasteiger partial charge >= 0.3 is 0 Å². The summed E-state index contributed by atoms with van der Waals surface area (Å²) in [5.41, 5.74) is 11.6. The molecule has 43 heavy (non-hydrogen) atoms. The molecule has 0 aromatic heterocycles. The first-order chi connectivity index (χ1) is 20.8. The van der Waals surface area contributed by atoms with Crippen LogP contribution in [0.25, 0.3) is 0 Å². The highest BCUT2D eigenvalue weighted by Crippen LogP contribution is 2.26. The van der Waals surface area contributed by atoms with Crippen molar-refractivity contribution in [1.29, 1.82) is 0 Å². The fraction of sp³-hybridized carbons (Fsp3) is 0.463. The van der Waals surface area contributed by atoms with Crippen LogP contribution in [0.3, 0.4) is 0 Å². The number of benzene rings is 2. The summed E-state index contributed by atoms with van der Waals surface area (Å²) in [5, 5.41) is 0. The van der Waals surface area contributed by atoms with E-state index in [0.717, 1.165) is 30.5 Å². The third kappa shape index (κ3) is 26.3. The predicted molar refractivity (Wildman–Crippen MR) is 202 cm³/mol. The summed E-state index contributed by atoms with van der Waals surface area (Å²) in [4.78, 5) is 2.37. The number of allylic oxidation sites excluding steroid dienone is 7. The Balaban J connectivity index is -0.000000256. The molecule has 0 spiro atoms. The maximum Gasteiger partial charge on any atom is 0.0599 e. The number of hydrogen-bond acceptors (Lipinski definition) is 2. The van der Waals surface area contributed by atoms with E-state index >= 15 is 0 Å². The Bertz CT molecular complexity index is 897. The molecule has 0 heterocycles. The van der Waals surface area contributed by atoms with Gasteiger partial charge in [0.25, 0.3) is 0 Å². The molecule has 2 heteroatoms. The van der Waals surface area contributed by atoms with Gasteiger partial charge in [-0.3, -0.25) is 4.90 Å². The van der Waals surface area contributed by atoms with Crippen molar-refractivity contribution in [2.45, 2.75) is 114 Å². The molecule has 2 nitrogen and oxygen atoms in total. The average molecular weight is 591 g/mol. The van der Waals surface area contributed by atoms with Crippen LogP contribution in [0.1, 0.15) is 125 Å². The second-order valence-electron chi connectivity index (χ2n) is 9.39. The first-order valence-corrected chi connectivity index (χ1v) is 16.6. The van der Waals surface area contributed by atoms with E-state index in [2.05, 4.69) is 133 Å². The zero-order chi connectivity index (χ0) is 33.9. The molecule has 0 aliphatic carbocycles. The molecule has 0 saturated heterocycles. The van der Waals surface area contributed by atoms with Crippen LogP contribution in [0, 0.1) is 0 Å². The second-order valence-corrected chi connectivity index (χ2v) is 9.39. The largest absolute Gasteiger partial charge is 0.404 e. The van der Waals surface area contributed by atoms with Crippen molar-refractivity contribution in [2.75, 3.05) is 13.6 Å². The van der Waals surface area contributed by atoms with Crippen LogP contribution in [0.4, 0.5) is 0 Å². The van der Waals surface area contributed by atoms with Crippen molar-refractivity contribution in [3.63, 3.8) is 0 Å². The molecule has 2 N–H and O–H groups in total. The third-order valence-electron chi connectivity index (χ3n) is 5.78. The van der Waals surface area contributed by atoms with Crippen molar-refractivity contribution in [2.24, 2.45) is 5.73 Å². The Morgan fingerprint density at radius 1 is 0.860 bits per heavy atom. The Morgan fingerprint density at radius 2 is 1.30 bits per heavy atom. The molecule has 0 aliphatic heterocycles. The Kier molecular flexibility index (Phi) is 40.2. The van der Waals surface area contributed by atoms with Crippen LogP contribution in [0.2, 0.25) is 0 Å². The van der Waals surface area contributed by atoms with Gasteiger partial charge in [-0.1, -0.05) is 179 Å². The number of rotatable bonds is 11. The van der Waals surface area contributed by atoms with E-state index in [-0.39, 0.29) is 0 Å². The van der Waals surface area contributed by atoms with Crippen LogP contribution >= 0.6 is 0 Å². The molecular formula is C41H70N2. The standard InChI is InChI=1S/C16H19N.C11H19N.C7H12.C3H8.2C2H6/c1-3-17(2)16(14-10-6-4-7-11-14)15-12-8-5-9-13-15;1-4-6-8-10(3)11(9-12)7-5-2;1-4-6-7(3)5-2;1-3-2;2*1-2/h4-13,16H,3H2,1-2H3;5,7,9H,3-4,6,8,12H2,1-2H3;5-6H,2,4H2,1,3H3;3H2,1-2H3;2*1-2H3/b;7-5-,11-9+;7-6-;;;. The van der Waals surface area contributed by atoms with Crippen molar-refractivity contribution < 1.29 is 0 Å². The van der Waals surface area contributed by atoms with Gasteiger partial charge in [-0.05, 0) is 69.0 Å². The molecule has 2 rings (SSSR count). The van der Waals surface area contributed by atoms with Crippen molar-refractivity contribution >= 4 is 0 Å². The lowest BCUT2D eigenvalue weighted by molar-refractivity contribution is 0.294. The summed E-state index contributed by atoms with van der Waals surface area (Å²) in [5.74, 6) is 0. The zero-order valence-corrected chi connectivity index (χ0v) is 30.4. The van der Waals surface area contributed by atoms with Gasteiger partial charge in [0.05, 0.1) is 6.04 Å². The van der Waals surface area contributed by atoms with Crippen molar-refractivity contribution in [1.82, 2.24) is 4.90 Å². The zero-order valence-electron chi connectivity index (χ0n) is 30.4. The number of unbranched alkanes of at least 4 members (excludes halogenated alkanes) is 1. The van der Waals surface area contributed by atoms with Gasteiger partial charge in [-0.15, -0.1) is 0 Å². The molecule has 2 aromatic rings. The summed E-state index contributed by atoms with van der Waals surface area (Å²) < 4.78 is 0. The minimum absolute atomic E-state index is 0.349. The Labute approximate surface area is 270 Å². The van der Waals surface area contributed by atoms with Crippen LogP contribution in [0.15, 0.2) is 121 Å². The van der Waals surface area contributed by atoms with Crippen LogP contribution in [0.5, 0.6) is 0 Å². The molecule has 244 valence electrons. The van der Waals surface area contributed by atoms with Crippen LogP contribution in [-0.2, 0) is 0 Å². The van der Waals surface area contributed by atoms with Crippen molar-refractivity contribution in [3.05, 3.63) is 132 Å². The van der Waals surface area contributed by atoms with E-state index in [1.165, 1.54) is 36.0 Å². The topological polar surface area (TPSA) is 29.3 Å². The fourth-order valence-corrected chi connectivity index (χ4v) is 3.57. The first-order valence-electron chi connectivity index (χ1n) is 16.6. The molecule has 0 saturated carbocycles. The van der Waals surface area contributed by atoms with Gasteiger partial charge in [0.1, 0.15) is 0 Å². The lowest BCUT2D eigenvalue weighted by atomic mass is 9.97. The van der Waals surface area contributed by atoms with E-state index in [0.29, 0.717) is 6.04 Å². The summed E-state index contributed by atoms with van der Waals surface area (Å²) in [7, 11) is 2.17. The Morgan fingerprint density at radius 3 is 1.58 bits per heavy atom. The van der Waals surface area contributed by atoms with Crippen LogP contribution in [-0.4, -0.2) is 18.5 Å². The Hall–Kier alpha value is -3.10. The van der Waals surface area contributed by atoms with Gasteiger partial charge in [0, 0.05) is 6.20 Å². The summed E-state index contributed by atoms with van der Waals surface area (Å²) in [6.45, 7) is 31.4. The predicted octanol–water partition coefficient (Wildman–Crippen LogP) is 12.9. The summed E-state index contributed by atoms with van der Waals surface area (Å²) >= 11 is 0. The highest BCUT2D eigenvalue weighted by atomic mass is 15.1. The maximum atomic E-state index is 5.46. The van der Waals surface area contributed by atoms with Gasteiger partial charge < -0.3 is 5.73 Å². The highest BCUT2D eigenvalue weighted by Gasteiger charge is 2.17. The third-order valence-corrected chi connectivity index (χ3v) is 5.78. The second kappa shape index (κ2) is 36.9. The van der Waals surface area contributed by atoms with Gasteiger partial charge in [0.15, 0.2) is 0 Å². The molecule has 0 aliphatic rings. The summed E-state index contributed by atoms with van der Waals surface area (Å²) in [6.07, 6.45) is 15.4. The lowest BCUT2D eigenvalue weighted by Crippen LogP contribution is -2.25. The van der Waals surface area contributed by atoms with E-state index in [1.807, 2.05) is 52.8 Å². The minimum atomic E-state index is 0.349. The van der Waals surface area contributed by atoms with Gasteiger partial charge in [-0.25, -0.2) is 0 Å². The summed E-state index contributed by atoms with van der Waals surface area (Å²) in [6, 6.07) is 21.7. The van der Waals surface area contributed by atoms with Crippen LogP contribution < -0.4 is 5.73 Å². The molecule has 0 amide bonds. The normalized spacial score (nSPS) is 10.4.